The molecule has 1 aliphatic heterocycles. The largest absolute Gasteiger partial charge is 0.378 e. The van der Waals surface area contributed by atoms with Gasteiger partial charge in [0, 0.05) is 6.54 Å². The second-order valence-corrected chi connectivity index (χ2v) is 4.31. The highest BCUT2D eigenvalue weighted by Crippen LogP contribution is 2.07. The molecule has 1 aromatic heterocycles. The van der Waals surface area contributed by atoms with Gasteiger partial charge >= 0.3 is 0 Å². The monoisotopic (exact) mass is 265 g/mol. The number of carbonyl (C=O) groups is 1. The summed E-state index contributed by atoms with van der Waals surface area (Å²) in [5, 5.41) is 13.8. The van der Waals surface area contributed by atoms with Gasteiger partial charge in [-0.2, -0.15) is 0 Å². The predicted molar refractivity (Wildman–Crippen MR) is 69.8 cm³/mol. The zero-order chi connectivity index (χ0) is 13.7. The first kappa shape index (κ1) is 13.8. The van der Waals surface area contributed by atoms with E-state index in [1.807, 2.05) is 13.8 Å². The van der Waals surface area contributed by atoms with Crippen LogP contribution in [0.15, 0.2) is 0 Å². The predicted octanol–water partition coefficient (Wildman–Crippen LogP) is -0.0767. The maximum atomic E-state index is 12.0. The van der Waals surface area contributed by atoms with Crippen molar-refractivity contribution < 1.29 is 9.53 Å². The Bertz CT molecular complexity index is 446. The number of nitrogens with zero attached hydrogens (tertiary/aromatic N) is 3. The molecule has 0 radical (unpaired) electrons. The van der Waals surface area contributed by atoms with Crippen molar-refractivity contribution in [3.8, 4) is 0 Å². The second-order valence-electron chi connectivity index (χ2n) is 4.31. The van der Waals surface area contributed by atoms with Crippen LogP contribution in [0, 0.1) is 0 Å². The van der Waals surface area contributed by atoms with Crippen molar-refractivity contribution in [1.29, 1.82) is 0 Å². The van der Waals surface area contributed by atoms with Crippen LogP contribution in [0.3, 0.4) is 0 Å². The van der Waals surface area contributed by atoms with Crippen molar-refractivity contribution in [2.45, 2.75) is 32.7 Å². The maximum absolute atomic E-state index is 12.0. The number of amides is 1. The van der Waals surface area contributed by atoms with Gasteiger partial charge in [-0.3, -0.25) is 10.1 Å². The molecule has 1 amide bonds. The van der Waals surface area contributed by atoms with Crippen molar-refractivity contribution in [2.75, 3.05) is 25.1 Å². The Hall–Kier alpha value is -1.60. The lowest BCUT2D eigenvalue weighted by Crippen LogP contribution is -2.49. The van der Waals surface area contributed by atoms with E-state index < -0.39 is 0 Å². The molecule has 1 aromatic rings. The molecule has 1 atom stereocenters. The summed E-state index contributed by atoms with van der Waals surface area (Å²) >= 11 is 0. The molecule has 0 aromatic carbocycles. The van der Waals surface area contributed by atoms with Crippen LogP contribution in [0.1, 0.15) is 25.2 Å². The van der Waals surface area contributed by atoms with E-state index in [0.717, 1.165) is 24.2 Å². The minimum atomic E-state index is -0.353. The summed E-state index contributed by atoms with van der Waals surface area (Å²) in [5.41, 5.74) is 1.75. The Labute approximate surface area is 112 Å². The molecule has 0 saturated carbocycles. The smallest absolute Gasteiger partial charge is 0.249 e. The number of aromatic nitrogens is 3. The number of carbonyl (C=O) groups excluding carboxylic acids is 1. The molecule has 0 spiro atoms. The molecule has 1 unspecified atom stereocenters. The van der Waals surface area contributed by atoms with Crippen LogP contribution in [-0.4, -0.2) is 46.9 Å². The van der Waals surface area contributed by atoms with E-state index in [2.05, 4.69) is 25.8 Å². The molecule has 104 valence electrons. The van der Waals surface area contributed by atoms with Crippen molar-refractivity contribution in [2.24, 2.45) is 0 Å². The van der Waals surface area contributed by atoms with Gasteiger partial charge in [0.2, 0.25) is 11.9 Å². The van der Waals surface area contributed by atoms with Crippen LogP contribution in [0.2, 0.25) is 0 Å². The first-order chi connectivity index (χ1) is 9.24. The van der Waals surface area contributed by atoms with E-state index in [9.17, 15) is 4.79 Å². The first-order valence-electron chi connectivity index (χ1n) is 6.59. The fraction of sp³-hybridized carbons (Fsp3) is 0.667. The van der Waals surface area contributed by atoms with E-state index in [1.54, 1.807) is 0 Å². The second kappa shape index (κ2) is 6.53. The highest BCUT2D eigenvalue weighted by Gasteiger charge is 2.22. The zero-order valence-corrected chi connectivity index (χ0v) is 11.3. The fourth-order valence-electron chi connectivity index (χ4n) is 1.92. The quantitative estimate of drug-likeness (QED) is 0.791. The standard InChI is InChI=1S/C12H19N5O2/c1-3-8-9(4-2)16-17-12(14-8)15-11(18)10-7-19-6-5-13-10/h10,13H,3-7H2,1-2H3,(H,14,15,17,18). The Morgan fingerprint density at radius 2 is 2.16 bits per heavy atom. The van der Waals surface area contributed by atoms with Crippen LogP contribution in [0.25, 0.3) is 0 Å². The van der Waals surface area contributed by atoms with Gasteiger partial charge in [0.1, 0.15) is 6.04 Å². The minimum absolute atomic E-state index is 0.187. The zero-order valence-electron chi connectivity index (χ0n) is 11.3. The van der Waals surface area contributed by atoms with Crippen LogP contribution in [-0.2, 0) is 22.4 Å². The highest BCUT2D eigenvalue weighted by molar-refractivity contribution is 5.93. The third kappa shape index (κ3) is 3.45. The van der Waals surface area contributed by atoms with Crippen LogP contribution < -0.4 is 10.6 Å². The highest BCUT2D eigenvalue weighted by atomic mass is 16.5. The van der Waals surface area contributed by atoms with E-state index >= 15 is 0 Å². The molecule has 1 fully saturated rings. The third-order valence-electron chi connectivity index (χ3n) is 2.98. The number of hydrogen-bond acceptors (Lipinski definition) is 6. The number of anilines is 1. The topological polar surface area (TPSA) is 89.0 Å². The number of rotatable bonds is 4. The van der Waals surface area contributed by atoms with Crippen molar-refractivity contribution in [3.05, 3.63) is 11.4 Å². The molecule has 1 aliphatic rings. The van der Waals surface area contributed by atoms with Gasteiger partial charge in [-0.25, -0.2) is 4.98 Å². The number of hydrogen-bond donors (Lipinski definition) is 2. The fourth-order valence-corrected chi connectivity index (χ4v) is 1.92. The summed E-state index contributed by atoms with van der Waals surface area (Å²) in [5.74, 6) is 0.0687. The molecule has 2 N–H and O–H groups in total. The van der Waals surface area contributed by atoms with Gasteiger partial charge < -0.3 is 10.1 Å². The van der Waals surface area contributed by atoms with Crippen LogP contribution in [0.4, 0.5) is 5.95 Å². The maximum Gasteiger partial charge on any atom is 0.249 e. The lowest BCUT2D eigenvalue weighted by molar-refractivity contribution is -0.120. The molecule has 2 rings (SSSR count). The molecule has 0 bridgehead atoms. The number of nitrogens with one attached hydrogen (secondary N) is 2. The summed E-state index contributed by atoms with van der Waals surface area (Å²) in [4.78, 5) is 16.3. The van der Waals surface area contributed by atoms with E-state index in [1.165, 1.54) is 0 Å². The lowest BCUT2D eigenvalue weighted by atomic mass is 10.2. The Balaban J connectivity index is 2.03. The summed E-state index contributed by atoms with van der Waals surface area (Å²) < 4.78 is 5.24. The van der Waals surface area contributed by atoms with E-state index in [4.69, 9.17) is 4.74 Å². The molecular formula is C12H19N5O2. The normalized spacial score (nSPS) is 19.2. The molecule has 7 heteroatoms. The van der Waals surface area contributed by atoms with Crippen molar-refractivity contribution >= 4 is 11.9 Å². The van der Waals surface area contributed by atoms with Crippen LogP contribution in [0.5, 0.6) is 0 Å². The molecule has 2 heterocycles. The average molecular weight is 265 g/mol. The van der Waals surface area contributed by atoms with Gasteiger partial charge in [0.15, 0.2) is 0 Å². The van der Waals surface area contributed by atoms with Gasteiger partial charge in [-0.05, 0) is 12.8 Å². The summed E-state index contributed by atoms with van der Waals surface area (Å²) in [7, 11) is 0. The molecule has 19 heavy (non-hydrogen) atoms. The summed E-state index contributed by atoms with van der Waals surface area (Å²) in [6.45, 7) is 5.68. The number of aryl methyl sites for hydroxylation is 2. The molecular weight excluding hydrogens is 246 g/mol. The van der Waals surface area contributed by atoms with Gasteiger partial charge in [-0.15, -0.1) is 10.2 Å². The van der Waals surface area contributed by atoms with Crippen molar-refractivity contribution in [3.63, 3.8) is 0 Å². The SMILES string of the molecule is CCc1nnc(NC(=O)C2COCCN2)nc1CC. The Morgan fingerprint density at radius 3 is 2.79 bits per heavy atom. The molecule has 7 nitrogen and oxygen atoms in total. The van der Waals surface area contributed by atoms with Crippen LogP contribution >= 0.6 is 0 Å². The van der Waals surface area contributed by atoms with Crippen molar-refractivity contribution in [1.82, 2.24) is 20.5 Å². The van der Waals surface area contributed by atoms with Gasteiger partial charge in [0.05, 0.1) is 24.6 Å². The molecule has 0 aliphatic carbocycles. The Kier molecular flexibility index (Phi) is 4.75. The lowest BCUT2D eigenvalue weighted by Gasteiger charge is -2.22. The van der Waals surface area contributed by atoms with Gasteiger partial charge in [-0.1, -0.05) is 13.8 Å². The summed E-state index contributed by atoms with van der Waals surface area (Å²) in [6, 6.07) is -0.353. The number of ether oxygens (including phenoxy) is 1. The third-order valence-corrected chi connectivity index (χ3v) is 2.98. The Morgan fingerprint density at radius 1 is 1.37 bits per heavy atom. The summed E-state index contributed by atoms with van der Waals surface area (Å²) in [6.07, 6.45) is 1.56. The minimum Gasteiger partial charge on any atom is -0.378 e. The van der Waals surface area contributed by atoms with E-state index in [0.29, 0.717) is 19.8 Å². The molecule has 1 saturated heterocycles. The van der Waals surface area contributed by atoms with Gasteiger partial charge in [0.25, 0.3) is 0 Å². The first-order valence-corrected chi connectivity index (χ1v) is 6.59. The van der Waals surface area contributed by atoms with E-state index in [-0.39, 0.29) is 17.9 Å². The average Bonchev–Trinajstić information content (AvgIpc) is 2.48. The number of morpholine rings is 1.